The molecule has 2 rings (SSSR count). The van der Waals surface area contributed by atoms with Gasteiger partial charge in [-0.25, -0.2) is 0 Å². The first kappa shape index (κ1) is 17.3. The lowest BCUT2D eigenvalue weighted by Gasteiger charge is -2.33. The van der Waals surface area contributed by atoms with Gasteiger partial charge in [0.2, 0.25) is 0 Å². The normalized spacial score (nSPS) is 20.2. The van der Waals surface area contributed by atoms with E-state index in [9.17, 15) is 0 Å². The number of rotatable bonds is 8. The molecule has 0 amide bonds. The van der Waals surface area contributed by atoms with Crippen LogP contribution in [0.15, 0.2) is 22.5 Å². The Kier molecular flexibility index (Phi) is 7.74. The van der Waals surface area contributed by atoms with Gasteiger partial charge in [0.15, 0.2) is 5.96 Å². The summed E-state index contributed by atoms with van der Waals surface area (Å²) in [4.78, 5) is 8.42. The molecule has 1 aliphatic heterocycles. The van der Waals surface area contributed by atoms with Crippen molar-refractivity contribution < 1.29 is 0 Å². The zero-order chi connectivity index (χ0) is 15.6. The van der Waals surface area contributed by atoms with Crippen molar-refractivity contribution in [3.63, 3.8) is 0 Å². The Morgan fingerprint density at radius 1 is 1.45 bits per heavy atom. The SMILES string of the molecule is CC1CCCCN1CCCCN=C(N)NCCc1cccs1. The van der Waals surface area contributed by atoms with Crippen LogP contribution in [0.1, 0.15) is 43.9 Å². The van der Waals surface area contributed by atoms with Crippen LogP contribution in [0.5, 0.6) is 0 Å². The molecule has 0 aromatic carbocycles. The number of unbranched alkanes of at least 4 members (excludes halogenated alkanes) is 1. The number of hydrogen-bond acceptors (Lipinski definition) is 3. The molecular formula is C17H30N4S. The minimum atomic E-state index is 0.586. The summed E-state index contributed by atoms with van der Waals surface area (Å²) >= 11 is 1.79. The van der Waals surface area contributed by atoms with Gasteiger partial charge in [-0.2, -0.15) is 0 Å². The molecule has 1 saturated heterocycles. The van der Waals surface area contributed by atoms with Crippen molar-refractivity contribution in [2.75, 3.05) is 26.2 Å². The minimum Gasteiger partial charge on any atom is -0.370 e. The van der Waals surface area contributed by atoms with Gasteiger partial charge in [0, 0.05) is 24.0 Å². The number of thiophene rings is 1. The van der Waals surface area contributed by atoms with Crippen molar-refractivity contribution in [2.24, 2.45) is 10.7 Å². The number of piperidine rings is 1. The second kappa shape index (κ2) is 9.85. The molecule has 2 heterocycles. The quantitative estimate of drug-likeness (QED) is 0.439. The third-order valence-electron chi connectivity index (χ3n) is 4.33. The second-order valence-electron chi connectivity index (χ2n) is 6.11. The van der Waals surface area contributed by atoms with Gasteiger partial charge in [-0.05, 0) is 63.6 Å². The second-order valence-corrected chi connectivity index (χ2v) is 7.14. The summed E-state index contributed by atoms with van der Waals surface area (Å²) in [7, 11) is 0. The monoisotopic (exact) mass is 322 g/mol. The standard InChI is InChI=1S/C17H30N4S/c1-15-7-2-4-12-21(15)13-5-3-10-19-17(18)20-11-9-16-8-6-14-22-16/h6,8,14-15H,2-5,7,9-13H2,1H3,(H3,18,19,20). The van der Waals surface area contributed by atoms with Gasteiger partial charge in [0.05, 0.1) is 0 Å². The van der Waals surface area contributed by atoms with Crippen molar-refractivity contribution in [3.05, 3.63) is 22.4 Å². The van der Waals surface area contributed by atoms with E-state index in [1.807, 2.05) is 0 Å². The number of guanidine groups is 1. The smallest absolute Gasteiger partial charge is 0.188 e. The highest BCUT2D eigenvalue weighted by Crippen LogP contribution is 2.16. The Morgan fingerprint density at radius 2 is 2.36 bits per heavy atom. The molecule has 0 radical (unpaired) electrons. The maximum Gasteiger partial charge on any atom is 0.188 e. The van der Waals surface area contributed by atoms with E-state index in [-0.39, 0.29) is 0 Å². The number of aliphatic imine (C=N–C) groups is 1. The number of nitrogens with two attached hydrogens (primary N) is 1. The van der Waals surface area contributed by atoms with Crippen LogP contribution in [0.2, 0.25) is 0 Å². The van der Waals surface area contributed by atoms with Crippen molar-refractivity contribution in [1.29, 1.82) is 0 Å². The molecule has 4 nitrogen and oxygen atoms in total. The first-order chi connectivity index (χ1) is 10.8. The molecule has 3 N–H and O–H groups in total. The Hall–Kier alpha value is -1.07. The molecular weight excluding hydrogens is 292 g/mol. The molecule has 0 bridgehead atoms. The van der Waals surface area contributed by atoms with E-state index in [0.29, 0.717) is 5.96 Å². The van der Waals surface area contributed by atoms with Crippen LogP contribution in [-0.4, -0.2) is 43.1 Å². The van der Waals surface area contributed by atoms with Crippen molar-refractivity contribution in [3.8, 4) is 0 Å². The number of nitrogens with zero attached hydrogens (tertiary/aromatic N) is 2. The first-order valence-corrected chi connectivity index (χ1v) is 9.44. The van der Waals surface area contributed by atoms with Crippen molar-refractivity contribution in [1.82, 2.24) is 10.2 Å². The Bertz CT molecular complexity index is 430. The highest BCUT2D eigenvalue weighted by Gasteiger charge is 2.16. The van der Waals surface area contributed by atoms with E-state index in [2.05, 4.69) is 39.6 Å². The Morgan fingerprint density at radius 3 is 3.14 bits per heavy atom. The molecule has 124 valence electrons. The van der Waals surface area contributed by atoms with E-state index in [1.54, 1.807) is 11.3 Å². The maximum atomic E-state index is 5.89. The minimum absolute atomic E-state index is 0.586. The molecule has 5 heteroatoms. The van der Waals surface area contributed by atoms with Crippen LogP contribution in [0.4, 0.5) is 0 Å². The predicted octanol–water partition coefficient (Wildman–Crippen LogP) is 2.85. The number of likely N-dealkylation sites (tertiary alicyclic amines) is 1. The Balaban J connectivity index is 1.51. The largest absolute Gasteiger partial charge is 0.370 e. The highest BCUT2D eigenvalue weighted by atomic mass is 32.1. The molecule has 0 aliphatic carbocycles. The van der Waals surface area contributed by atoms with Crippen LogP contribution < -0.4 is 11.1 Å². The maximum absolute atomic E-state index is 5.89. The van der Waals surface area contributed by atoms with Crippen molar-refractivity contribution >= 4 is 17.3 Å². The lowest BCUT2D eigenvalue weighted by Crippen LogP contribution is -2.38. The molecule has 1 unspecified atom stereocenters. The third kappa shape index (κ3) is 6.36. The molecule has 1 aromatic heterocycles. The van der Waals surface area contributed by atoms with Gasteiger partial charge >= 0.3 is 0 Å². The number of hydrogen-bond donors (Lipinski definition) is 2. The summed E-state index contributed by atoms with van der Waals surface area (Å²) in [5.41, 5.74) is 5.89. The van der Waals surface area contributed by atoms with Gasteiger partial charge in [-0.3, -0.25) is 4.99 Å². The van der Waals surface area contributed by atoms with E-state index in [1.165, 1.54) is 43.6 Å². The highest BCUT2D eigenvalue weighted by molar-refractivity contribution is 7.09. The topological polar surface area (TPSA) is 53.6 Å². The van der Waals surface area contributed by atoms with E-state index >= 15 is 0 Å². The average molecular weight is 323 g/mol. The van der Waals surface area contributed by atoms with E-state index < -0.39 is 0 Å². The first-order valence-electron chi connectivity index (χ1n) is 8.56. The zero-order valence-corrected chi connectivity index (χ0v) is 14.6. The summed E-state index contributed by atoms with van der Waals surface area (Å²) in [6, 6.07) is 5.00. The van der Waals surface area contributed by atoms with Crippen LogP contribution in [-0.2, 0) is 6.42 Å². The van der Waals surface area contributed by atoms with Crippen LogP contribution in [0.25, 0.3) is 0 Å². The van der Waals surface area contributed by atoms with Gasteiger partial charge in [0.25, 0.3) is 0 Å². The van der Waals surface area contributed by atoms with E-state index in [4.69, 9.17) is 5.73 Å². The predicted molar refractivity (Wildman–Crippen MR) is 96.6 cm³/mol. The molecule has 1 aliphatic rings. The van der Waals surface area contributed by atoms with Crippen LogP contribution in [0.3, 0.4) is 0 Å². The molecule has 0 saturated carbocycles. The van der Waals surface area contributed by atoms with Gasteiger partial charge in [-0.1, -0.05) is 12.5 Å². The van der Waals surface area contributed by atoms with Gasteiger partial charge in [0.1, 0.15) is 0 Å². The summed E-state index contributed by atoms with van der Waals surface area (Å²) in [6.45, 7) is 6.53. The molecule has 1 aromatic rings. The van der Waals surface area contributed by atoms with E-state index in [0.717, 1.165) is 32.0 Å². The Labute approximate surface area is 138 Å². The fourth-order valence-electron chi connectivity index (χ4n) is 2.94. The zero-order valence-electron chi connectivity index (χ0n) is 13.8. The number of nitrogens with one attached hydrogen (secondary N) is 1. The van der Waals surface area contributed by atoms with Crippen LogP contribution in [0, 0.1) is 0 Å². The van der Waals surface area contributed by atoms with Gasteiger partial charge < -0.3 is 16.0 Å². The summed E-state index contributed by atoms with van der Waals surface area (Å²) in [5, 5.41) is 5.30. The fraction of sp³-hybridized carbons (Fsp3) is 0.706. The summed E-state index contributed by atoms with van der Waals surface area (Å²) in [5.74, 6) is 0.586. The average Bonchev–Trinajstić information content (AvgIpc) is 3.02. The summed E-state index contributed by atoms with van der Waals surface area (Å²) < 4.78 is 0. The summed E-state index contributed by atoms with van der Waals surface area (Å²) in [6.07, 6.45) is 7.48. The molecule has 0 spiro atoms. The van der Waals surface area contributed by atoms with Crippen molar-refractivity contribution in [2.45, 2.75) is 51.5 Å². The lowest BCUT2D eigenvalue weighted by atomic mass is 10.0. The van der Waals surface area contributed by atoms with Crippen LogP contribution >= 0.6 is 11.3 Å². The molecule has 1 atom stereocenters. The van der Waals surface area contributed by atoms with Gasteiger partial charge in [-0.15, -0.1) is 11.3 Å². The lowest BCUT2D eigenvalue weighted by molar-refractivity contribution is 0.158. The fourth-order valence-corrected chi connectivity index (χ4v) is 3.65. The third-order valence-corrected chi connectivity index (χ3v) is 5.27. The molecule has 22 heavy (non-hydrogen) atoms. The molecule has 1 fully saturated rings.